The molecule has 14 heavy (non-hydrogen) atoms. The number of esters is 1. The second-order valence-corrected chi connectivity index (χ2v) is 5.08. The molecule has 78 valence electrons. The highest BCUT2D eigenvalue weighted by molar-refractivity contribution is 5.81. The van der Waals surface area contributed by atoms with Gasteiger partial charge in [-0.15, -0.1) is 0 Å². The fourth-order valence-corrected chi connectivity index (χ4v) is 2.41. The van der Waals surface area contributed by atoms with Crippen molar-refractivity contribution < 1.29 is 9.53 Å². The van der Waals surface area contributed by atoms with E-state index < -0.39 is 0 Å². The van der Waals surface area contributed by atoms with E-state index in [1.165, 1.54) is 0 Å². The van der Waals surface area contributed by atoms with E-state index in [4.69, 9.17) is 4.74 Å². The van der Waals surface area contributed by atoms with Gasteiger partial charge in [-0.1, -0.05) is 26.0 Å². The molecule has 2 aliphatic rings. The Morgan fingerprint density at radius 3 is 2.93 bits per heavy atom. The molecule has 2 heteroatoms. The van der Waals surface area contributed by atoms with Crippen LogP contribution < -0.4 is 0 Å². The minimum Gasteiger partial charge on any atom is -0.465 e. The third-order valence-corrected chi connectivity index (χ3v) is 3.81. The van der Waals surface area contributed by atoms with E-state index in [-0.39, 0.29) is 11.4 Å². The van der Waals surface area contributed by atoms with Crippen molar-refractivity contribution in [3.8, 4) is 0 Å². The van der Waals surface area contributed by atoms with Crippen LogP contribution in [0.3, 0.4) is 0 Å². The average molecular weight is 194 g/mol. The first-order chi connectivity index (χ1) is 6.54. The maximum absolute atomic E-state index is 11.5. The Hall–Kier alpha value is -0.790. The normalized spacial score (nSPS) is 41.3. The summed E-state index contributed by atoms with van der Waals surface area (Å²) in [6.45, 7) is 7.08. The predicted molar refractivity (Wildman–Crippen MR) is 54.6 cm³/mol. The molecule has 0 spiro atoms. The van der Waals surface area contributed by atoms with Gasteiger partial charge < -0.3 is 4.74 Å². The van der Waals surface area contributed by atoms with Crippen LogP contribution in [-0.2, 0) is 9.53 Å². The molecule has 1 aliphatic carbocycles. The summed E-state index contributed by atoms with van der Waals surface area (Å²) in [5, 5.41) is 0. The number of carbonyl (C=O) groups excluding carboxylic acids is 1. The molecule has 0 saturated carbocycles. The maximum atomic E-state index is 11.5. The summed E-state index contributed by atoms with van der Waals surface area (Å²) in [4.78, 5) is 11.5. The van der Waals surface area contributed by atoms with E-state index >= 15 is 0 Å². The lowest BCUT2D eigenvalue weighted by Crippen LogP contribution is -2.33. The van der Waals surface area contributed by atoms with Crippen LogP contribution in [0.4, 0.5) is 0 Å². The molecule has 2 rings (SSSR count). The van der Waals surface area contributed by atoms with Crippen LogP contribution in [0.1, 0.15) is 27.2 Å². The van der Waals surface area contributed by atoms with Gasteiger partial charge in [-0.05, 0) is 25.2 Å². The molecule has 0 aromatic carbocycles. The summed E-state index contributed by atoms with van der Waals surface area (Å²) in [5.74, 6) is 1.63. The summed E-state index contributed by atoms with van der Waals surface area (Å²) in [5.41, 5.74) is -0.328. The zero-order chi connectivity index (χ0) is 10.3. The second kappa shape index (κ2) is 3.11. The number of rotatable bonds is 1. The number of ether oxygens (including phenoxy) is 1. The highest BCUT2D eigenvalue weighted by atomic mass is 16.5. The maximum Gasteiger partial charge on any atom is 0.316 e. The largest absolute Gasteiger partial charge is 0.465 e. The van der Waals surface area contributed by atoms with Crippen molar-refractivity contribution in [3.05, 3.63) is 12.2 Å². The molecular formula is C12H18O2. The quantitative estimate of drug-likeness (QED) is 0.473. The van der Waals surface area contributed by atoms with Crippen LogP contribution in [-0.4, -0.2) is 12.6 Å². The van der Waals surface area contributed by atoms with E-state index in [0.29, 0.717) is 24.4 Å². The van der Waals surface area contributed by atoms with E-state index in [1.54, 1.807) is 0 Å². The Morgan fingerprint density at radius 1 is 1.57 bits per heavy atom. The van der Waals surface area contributed by atoms with Gasteiger partial charge in [0.2, 0.25) is 0 Å². The van der Waals surface area contributed by atoms with Crippen LogP contribution in [0.15, 0.2) is 12.2 Å². The minimum absolute atomic E-state index is 0.0408. The number of carbonyl (C=O) groups is 1. The number of hydrogen-bond acceptors (Lipinski definition) is 2. The summed E-state index contributed by atoms with van der Waals surface area (Å²) in [6, 6.07) is 0. The van der Waals surface area contributed by atoms with E-state index in [2.05, 4.69) is 26.0 Å². The second-order valence-electron chi connectivity index (χ2n) is 5.08. The van der Waals surface area contributed by atoms with Crippen LogP contribution in [0, 0.1) is 23.2 Å². The van der Waals surface area contributed by atoms with Crippen molar-refractivity contribution in [1.29, 1.82) is 0 Å². The number of hydrogen-bond donors (Lipinski definition) is 0. The summed E-state index contributed by atoms with van der Waals surface area (Å²) >= 11 is 0. The van der Waals surface area contributed by atoms with Crippen molar-refractivity contribution in [2.75, 3.05) is 6.61 Å². The smallest absolute Gasteiger partial charge is 0.316 e. The monoisotopic (exact) mass is 194 g/mol. The molecule has 0 aromatic heterocycles. The highest BCUT2D eigenvalue weighted by Crippen LogP contribution is 2.45. The van der Waals surface area contributed by atoms with Crippen LogP contribution >= 0.6 is 0 Å². The van der Waals surface area contributed by atoms with E-state index in [1.807, 2.05) is 6.92 Å². The SMILES string of the molecule is CC(C)[C@H]1C=C[C@]2(C)C(=O)OC[C@@H]2C1. The Balaban J connectivity index is 2.23. The molecule has 0 unspecified atom stereocenters. The third-order valence-electron chi connectivity index (χ3n) is 3.81. The van der Waals surface area contributed by atoms with Gasteiger partial charge in [0.05, 0.1) is 12.0 Å². The number of allylic oxidation sites excluding steroid dienone is 1. The molecule has 0 aromatic rings. The van der Waals surface area contributed by atoms with Crippen molar-refractivity contribution in [3.63, 3.8) is 0 Å². The highest BCUT2D eigenvalue weighted by Gasteiger charge is 2.49. The van der Waals surface area contributed by atoms with Crippen molar-refractivity contribution in [2.45, 2.75) is 27.2 Å². The van der Waals surface area contributed by atoms with Gasteiger partial charge in [-0.3, -0.25) is 4.79 Å². The number of cyclic esters (lactones) is 1. The summed E-state index contributed by atoms with van der Waals surface area (Å²) < 4.78 is 5.14. The molecule has 1 aliphatic heterocycles. The number of fused-ring (bicyclic) bond motifs is 1. The molecule has 2 nitrogen and oxygen atoms in total. The van der Waals surface area contributed by atoms with Gasteiger partial charge in [0, 0.05) is 5.92 Å². The molecule has 0 bridgehead atoms. The predicted octanol–water partition coefficient (Wildman–Crippen LogP) is 2.40. The van der Waals surface area contributed by atoms with Crippen molar-refractivity contribution in [1.82, 2.24) is 0 Å². The zero-order valence-electron chi connectivity index (χ0n) is 9.12. The van der Waals surface area contributed by atoms with Crippen molar-refractivity contribution in [2.24, 2.45) is 23.2 Å². The molecule has 1 fully saturated rings. The Morgan fingerprint density at radius 2 is 2.29 bits per heavy atom. The molecule has 1 saturated heterocycles. The zero-order valence-corrected chi connectivity index (χ0v) is 9.12. The fraction of sp³-hybridized carbons (Fsp3) is 0.750. The third kappa shape index (κ3) is 1.28. The molecule has 1 heterocycles. The standard InChI is InChI=1S/C12H18O2/c1-8(2)9-4-5-12(3)10(6-9)7-14-11(12)13/h4-5,8-10H,6-7H2,1-3H3/t9-,10-,12-/m0/s1. The fourth-order valence-electron chi connectivity index (χ4n) is 2.41. The van der Waals surface area contributed by atoms with E-state index in [9.17, 15) is 4.79 Å². The van der Waals surface area contributed by atoms with Gasteiger partial charge in [0.25, 0.3) is 0 Å². The average Bonchev–Trinajstić information content (AvgIpc) is 2.42. The summed E-state index contributed by atoms with van der Waals surface area (Å²) in [6.07, 6.45) is 5.37. The van der Waals surface area contributed by atoms with Crippen molar-refractivity contribution >= 4 is 5.97 Å². The first-order valence-electron chi connectivity index (χ1n) is 5.40. The van der Waals surface area contributed by atoms with E-state index in [0.717, 1.165) is 6.42 Å². The molecule has 0 N–H and O–H groups in total. The topological polar surface area (TPSA) is 26.3 Å². The molecule has 0 radical (unpaired) electrons. The lowest BCUT2D eigenvalue weighted by Gasteiger charge is -2.32. The van der Waals surface area contributed by atoms with Crippen LogP contribution in [0.25, 0.3) is 0 Å². The van der Waals surface area contributed by atoms with Crippen LogP contribution in [0.2, 0.25) is 0 Å². The Bertz CT molecular complexity index is 280. The first kappa shape index (κ1) is 9.75. The Kier molecular flexibility index (Phi) is 2.17. The van der Waals surface area contributed by atoms with Crippen LogP contribution in [0.5, 0.6) is 0 Å². The minimum atomic E-state index is -0.328. The van der Waals surface area contributed by atoms with Gasteiger partial charge in [-0.25, -0.2) is 0 Å². The molecule has 0 amide bonds. The first-order valence-corrected chi connectivity index (χ1v) is 5.40. The Labute approximate surface area is 85.3 Å². The van der Waals surface area contributed by atoms with Gasteiger partial charge in [0.15, 0.2) is 0 Å². The van der Waals surface area contributed by atoms with Gasteiger partial charge >= 0.3 is 5.97 Å². The van der Waals surface area contributed by atoms with Gasteiger partial charge in [-0.2, -0.15) is 0 Å². The van der Waals surface area contributed by atoms with Gasteiger partial charge in [0.1, 0.15) is 0 Å². The molecular weight excluding hydrogens is 176 g/mol. The lowest BCUT2D eigenvalue weighted by atomic mass is 9.68. The summed E-state index contributed by atoms with van der Waals surface area (Å²) in [7, 11) is 0. The molecule has 3 atom stereocenters. The lowest BCUT2D eigenvalue weighted by molar-refractivity contribution is -0.143.